The van der Waals surface area contributed by atoms with Gasteiger partial charge in [-0.05, 0) is 35.9 Å². The number of pyridine rings is 1. The van der Waals surface area contributed by atoms with Crippen LogP contribution in [-0.2, 0) is 6.54 Å². The quantitative estimate of drug-likeness (QED) is 0.720. The van der Waals surface area contributed by atoms with E-state index in [4.69, 9.17) is 0 Å². The van der Waals surface area contributed by atoms with Gasteiger partial charge in [-0.1, -0.05) is 12.1 Å². The van der Waals surface area contributed by atoms with Crippen LogP contribution < -0.4 is 10.2 Å². The highest BCUT2D eigenvalue weighted by atomic mass is 19.1. The molecule has 1 aliphatic heterocycles. The lowest BCUT2D eigenvalue weighted by molar-refractivity contribution is 0.0740. The van der Waals surface area contributed by atoms with Crippen molar-refractivity contribution in [3.63, 3.8) is 0 Å². The number of hydrogen-bond acceptors (Lipinski definition) is 6. The molecule has 1 fully saturated rings. The molecular weight excluding hydrogens is 371 g/mol. The van der Waals surface area contributed by atoms with Gasteiger partial charge in [-0.15, -0.1) is 0 Å². The largest absolute Gasteiger partial charge is 0.380 e. The average molecular weight is 392 g/mol. The summed E-state index contributed by atoms with van der Waals surface area (Å²) in [6.07, 6.45) is 5.08. The zero-order valence-electron chi connectivity index (χ0n) is 15.8. The molecule has 1 amide bonds. The number of nitrogens with zero attached hydrogens (tertiary/aromatic N) is 5. The first-order valence-electron chi connectivity index (χ1n) is 9.45. The summed E-state index contributed by atoms with van der Waals surface area (Å²) < 4.78 is 13.0. The molecule has 7 nitrogen and oxygen atoms in total. The molecule has 0 unspecified atom stereocenters. The highest BCUT2D eigenvalue weighted by Crippen LogP contribution is 2.14. The van der Waals surface area contributed by atoms with Gasteiger partial charge in [0.05, 0.1) is 11.9 Å². The molecule has 4 rings (SSSR count). The number of halogens is 1. The maximum atomic E-state index is 13.0. The van der Waals surface area contributed by atoms with Crippen molar-refractivity contribution in [1.29, 1.82) is 0 Å². The second-order valence-corrected chi connectivity index (χ2v) is 6.74. The topological polar surface area (TPSA) is 74.2 Å². The molecule has 0 spiro atoms. The lowest BCUT2D eigenvalue weighted by Gasteiger charge is -2.34. The van der Waals surface area contributed by atoms with Gasteiger partial charge in [0.2, 0.25) is 5.95 Å². The summed E-state index contributed by atoms with van der Waals surface area (Å²) in [7, 11) is 0. The molecule has 8 heteroatoms. The Labute approximate surface area is 168 Å². The molecule has 1 aromatic carbocycles. The van der Waals surface area contributed by atoms with Crippen LogP contribution >= 0.6 is 0 Å². The molecule has 29 heavy (non-hydrogen) atoms. The van der Waals surface area contributed by atoms with E-state index in [1.165, 1.54) is 12.1 Å². The number of anilines is 2. The van der Waals surface area contributed by atoms with Gasteiger partial charge in [0.1, 0.15) is 11.5 Å². The first kappa shape index (κ1) is 18.8. The summed E-state index contributed by atoms with van der Waals surface area (Å²) >= 11 is 0. The molecule has 1 aliphatic rings. The Kier molecular flexibility index (Phi) is 5.60. The summed E-state index contributed by atoms with van der Waals surface area (Å²) in [6.45, 7) is 3.13. The molecule has 3 heterocycles. The van der Waals surface area contributed by atoms with Crippen molar-refractivity contribution >= 4 is 17.5 Å². The molecule has 3 aromatic rings. The van der Waals surface area contributed by atoms with E-state index in [0.717, 1.165) is 11.3 Å². The maximum Gasteiger partial charge on any atom is 0.272 e. The molecule has 0 bridgehead atoms. The number of hydrogen-bond donors (Lipinski definition) is 1. The number of piperazine rings is 1. The number of rotatable bonds is 5. The van der Waals surface area contributed by atoms with Crippen molar-refractivity contribution in [2.75, 3.05) is 36.4 Å². The van der Waals surface area contributed by atoms with Crippen LogP contribution in [0.4, 0.5) is 16.0 Å². The highest BCUT2D eigenvalue weighted by molar-refractivity contribution is 5.92. The van der Waals surface area contributed by atoms with Crippen LogP contribution in [0.1, 0.15) is 16.1 Å². The van der Waals surface area contributed by atoms with Crippen molar-refractivity contribution in [1.82, 2.24) is 19.9 Å². The number of carbonyl (C=O) groups excluding carboxylic acids is 1. The predicted octanol–water partition coefficient (Wildman–Crippen LogP) is 2.59. The Bertz CT molecular complexity index is 941. The molecule has 0 aliphatic carbocycles. The molecule has 2 aromatic heterocycles. The Balaban J connectivity index is 1.31. The van der Waals surface area contributed by atoms with E-state index < -0.39 is 0 Å². The maximum absolute atomic E-state index is 13.0. The normalized spacial score (nSPS) is 14.0. The van der Waals surface area contributed by atoms with E-state index in [1.54, 1.807) is 47.8 Å². The second-order valence-electron chi connectivity index (χ2n) is 6.74. The van der Waals surface area contributed by atoms with E-state index in [1.807, 2.05) is 6.07 Å². The van der Waals surface area contributed by atoms with Crippen molar-refractivity contribution in [3.8, 4) is 0 Å². The van der Waals surface area contributed by atoms with Crippen molar-refractivity contribution < 1.29 is 9.18 Å². The van der Waals surface area contributed by atoms with Crippen LogP contribution in [0.3, 0.4) is 0 Å². The first-order chi connectivity index (χ1) is 14.2. The monoisotopic (exact) mass is 392 g/mol. The molecule has 0 atom stereocenters. The number of aromatic nitrogens is 3. The van der Waals surface area contributed by atoms with Gasteiger partial charge in [-0.25, -0.2) is 19.3 Å². The van der Waals surface area contributed by atoms with Crippen molar-refractivity contribution in [2.45, 2.75) is 6.54 Å². The van der Waals surface area contributed by atoms with Crippen LogP contribution in [0.15, 0.2) is 61.1 Å². The van der Waals surface area contributed by atoms with Crippen LogP contribution in [0.25, 0.3) is 0 Å². The summed E-state index contributed by atoms with van der Waals surface area (Å²) in [6, 6.07) is 11.7. The van der Waals surface area contributed by atoms with E-state index in [9.17, 15) is 9.18 Å². The summed E-state index contributed by atoms with van der Waals surface area (Å²) in [5.74, 6) is 0.355. The molecule has 0 radical (unpaired) electrons. The fourth-order valence-corrected chi connectivity index (χ4v) is 3.16. The molecule has 1 saturated heterocycles. The third-order valence-electron chi connectivity index (χ3n) is 4.79. The number of amides is 1. The summed E-state index contributed by atoms with van der Waals surface area (Å²) in [5, 5.41) is 3.22. The van der Waals surface area contributed by atoms with Crippen LogP contribution in [0.5, 0.6) is 0 Å². The van der Waals surface area contributed by atoms with Gasteiger partial charge < -0.3 is 15.1 Å². The Hall–Kier alpha value is -3.55. The third-order valence-corrected chi connectivity index (χ3v) is 4.79. The zero-order chi connectivity index (χ0) is 20.1. The molecular formula is C21H21FN6O. The number of benzene rings is 1. The van der Waals surface area contributed by atoms with Gasteiger partial charge in [0, 0.05) is 45.1 Å². The van der Waals surface area contributed by atoms with E-state index in [-0.39, 0.29) is 11.7 Å². The van der Waals surface area contributed by atoms with E-state index >= 15 is 0 Å². The van der Waals surface area contributed by atoms with E-state index in [0.29, 0.717) is 44.4 Å². The Morgan fingerprint density at radius 3 is 2.34 bits per heavy atom. The lowest BCUT2D eigenvalue weighted by Crippen LogP contribution is -2.49. The first-order valence-corrected chi connectivity index (χ1v) is 9.45. The third kappa shape index (κ3) is 4.66. The second kappa shape index (κ2) is 8.64. The Morgan fingerprint density at radius 2 is 1.69 bits per heavy atom. The van der Waals surface area contributed by atoms with Gasteiger partial charge in [-0.2, -0.15) is 0 Å². The Morgan fingerprint density at radius 1 is 0.966 bits per heavy atom. The van der Waals surface area contributed by atoms with Crippen molar-refractivity contribution in [3.05, 3.63) is 78.1 Å². The van der Waals surface area contributed by atoms with Crippen LogP contribution in [0.2, 0.25) is 0 Å². The van der Waals surface area contributed by atoms with Crippen LogP contribution in [-0.4, -0.2) is 51.9 Å². The minimum atomic E-state index is -0.254. The highest BCUT2D eigenvalue weighted by Gasteiger charge is 2.24. The zero-order valence-corrected chi connectivity index (χ0v) is 15.8. The SMILES string of the molecule is O=C(c1ccc(NCc2ccc(F)cc2)cn1)N1CCN(c2ncccn2)CC1. The van der Waals surface area contributed by atoms with Crippen molar-refractivity contribution in [2.24, 2.45) is 0 Å². The van der Waals surface area contributed by atoms with Gasteiger partial charge in [0.15, 0.2) is 0 Å². The molecule has 148 valence electrons. The minimum absolute atomic E-state index is 0.0799. The molecule has 1 N–H and O–H groups in total. The minimum Gasteiger partial charge on any atom is -0.380 e. The standard InChI is InChI=1S/C21H21FN6O/c22-17-4-2-16(3-5-17)14-25-18-6-7-19(26-15-18)20(29)27-10-12-28(13-11-27)21-23-8-1-9-24-21/h1-9,15,25H,10-14H2. The number of nitrogens with one attached hydrogen (secondary N) is 1. The molecule has 0 saturated carbocycles. The van der Waals surface area contributed by atoms with Crippen LogP contribution in [0, 0.1) is 5.82 Å². The van der Waals surface area contributed by atoms with E-state index in [2.05, 4.69) is 25.2 Å². The predicted molar refractivity (Wildman–Crippen MR) is 108 cm³/mol. The lowest BCUT2D eigenvalue weighted by atomic mass is 10.2. The average Bonchev–Trinajstić information content (AvgIpc) is 2.79. The summed E-state index contributed by atoms with van der Waals surface area (Å²) in [5.41, 5.74) is 2.19. The van der Waals surface area contributed by atoms with Gasteiger partial charge in [-0.3, -0.25) is 4.79 Å². The number of carbonyl (C=O) groups is 1. The summed E-state index contributed by atoms with van der Waals surface area (Å²) in [4.78, 5) is 29.4. The smallest absolute Gasteiger partial charge is 0.272 e. The fourth-order valence-electron chi connectivity index (χ4n) is 3.16. The van der Waals surface area contributed by atoms with Gasteiger partial charge >= 0.3 is 0 Å². The van der Waals surface area contributed by atoms with Gasteiger partial charge in [0.25, 0.3) is 5.91 Å². The fraction of sp³-hybridized carbons (Fsp3) is 0.238.